The monoisotopic (exact) mass is 391 g/mol. The van der Waals surface area contributed by atoms with Crippen LogP contribution in [0, 0.1) is 19.7 Å². The number of nitrogens with one attached hydrogen (secondary N) is 1. The Balaban J connectivity index is 1.82. The quantitative estimate of drug-likeness (QED) is 0.634. The molecule has 148 valence electrons. The fourth-order valence-corrected chi connectivity index (χ4v) is 3.20. The third-order valence-electron chi connectivity index (χ3n) is 4.75. The van der Waals surface area contributed by atoms with Gasteiger partial charge in [0.2, 0.25) is 0 Å². The first-order valence-electron chi connectivity index (χ1n) is 9.22. The van der Waals surface area contributed by atoms with Crippen LogP contribution in [0.3, 0.4) is 0 Å². The van der Waals surface area contributed by atoms with Crippen molar-refractivity contribution in [1.29, 1.82) is 0 Å². The van der Waals surface area contributed by atoms with E-state index in [9.17, 15) is 14.0 Å². The molecule has 29 heavy (non-hydrogen) atoms. The molecule has 0 unspecified atom stereocenters. The zero-order valence-corrected chi connectivity index (χ0v) is 16.6. The van der Waals surface area contributed by atoms with Gasteiger partial charge in [0.25, 0.3) is 5.91 Å². The van der Waals surface area contributed by atoms with Crippen LogP contribution in [0.4, 0.5) is 4.39 Å². The number of methoxy groups -OCH3 is 1. The lowest BCUT2D eigenvalue weighted by molar-refractivity contribution is 0.0600. The van der Waals surface area contributed by atoms with Crippen molar-refractivity contribution in [2.75, 3.05) is 7.11 Å². The molecule has 3 rings (SSSR count). The Kier molecular flexibility index (Phi) is 6.07. The van der Waals surface area contributed by atoms with Gasteiger partial charge in [-0.15, -0.1) is 0 Å². The van der Waals surface area contributed by atoms with Gasteiger partial charge in [0.1, 0.15) is 5.82 Å². The summed E-state index contributed by atoms with van der Waals surface area (Å²) in [5.41, 5.74) is 4.21. The van der Waals surface area contributed by atoms with Crippen LogP contribution < -0.4 is 5.32 Å². The maximum absolute atomic E-state index is 14.7. The average Bonchev–Trinajstić information content (AvgIpc) is 2.71. The zero-order valence-electron chi connectivity index (χ0n) is 16.6. The highest BCUT2D eigenvalue weighted by Gasteiger charge is 2.17. The summed E-state index contributed by atoms with van der Waals surface area (Å²) in [6, 6.07) is 17.3. The minimum Gasteiger partial charge on any atom is -0.465 e. The fraction of sp³-hybridized carbons (Fsp3) is 0.167. The molecule has 3 aromatic rings. The van der Waals surface area contributed by atoms with Crippen molar-refractivity contribution >= 4 is 11.9 Å². The fourth-order valence-electron chi connectivity index (χ4n) is 3.20. The van der Waals surface area contributed by atoms with Crippen LogP contribution >= 0.6 is 0 Å². The Morgan fingerprint density at radius 2 is 1.76 bits per heavy atom. The molecule has 0 aliphatic carbocycles. The lowest BCUT2D eigenvalue weighted by Crippen LogP contribution is -2.23. The van der Waals surface area contributed by atoms with Gasteiger partial charge in [0.05, 0.1) is 12.7 Å². The van der Waals surface area contributed by atoms with E-state index in [1.807, 2.05) is 19.1 Å². The SMILES string of the molecule is COC(=O)c1c(C)cccc1-c1ccc(CNC(=O)c2cccc(C)c2)c(F)c1. The van der Waals surface area contributed by atoms with Gasteiger partial charge in [-0.1, -0.05) is 48.0 Å². The first-order chi connectivity index (χ1) is 13.9. The molecule has 0 aromatic heterocycles. The summed E-state index contributed by atoms with van der Waals surface area (Å²) >= 11 is 0. The number of hydrogen-bond acceptors (Lipinski definition) is 3. The van der Waals surface area contributed by atoms with E-state index in [4.69, 9.17) is 4.74 Å². The van der Waals surface area contributed by atoms with Gasteiger partial charge in [-0.25, -0.2) is 9.18 Å². The number of hydrogen-bond donors (Lipinski definition) is 1. The molecule has 4 nitrogen and oxygen atoms in total. The minimum absolute atomic E-state index is 0.0660. The predicted molar refractivity (Wildman–Crippen MR) is 110 cm³/mol. The summed E-state index contributed by atoms with van der Waals surface area (Å²) < 4.78 is 19.6. The van der Waals surface area contributed by atoms with Crippen LogP contribution in [0.5, 0.6) is 0 Å². The zero-order chi connectivity index (χ0) is 21.0. The number of carbonyl (C=O) groups excluding carboxylic acids is 2. The van der Waals surface area contributed by atoms with E-state index in [0.717, 1.165) is 11.1 Å². The van der Waals surface area contributed by atoms with E-state index in [1.165, 1.54) is 13.2 Å². The van der Waals surface area contributed by atoms with Crippen LogP contribution in [0.2, 0.25) is 0 Å². The number of rotatable bonds is 5. The third kappa shape index (κ3) is 4.51. The molecule has 3 aromatic carbocycles. The van der Waals surface area contributed by atoms with Crippen LogP contribution in [0.15, 0.2) is 60.7 Å². The van der Waals surface area contributed by atoms with Gasteiger partial charge in [0, 0.05) is 17.7 Å². The number of esters is 1. The van der Waals surface area contributed by atoms with Crippen molar-refractivity contribution in [2.45, 2.75) is 20.4 Å². The largest absolute Gasteiger partial charge is 0.465 e. The van der Waals surface area contributed by atoms with Gasteiger partial charge in [-0.2, -0.15) is 0 Å². The van der Waals surface area contributed by atoms with E-state index >= 15 is 0 Å². The number of aryl methyl sites for hydroxylation is 2. The Hall–Kier alpha value is -3.47. The van der Waals surface area contributed by atoms with E-state index in [1.54, 1.807) is 49.4 Å². The van der Waals surface area contributed by atoms with Gasteiger partial charge in [-0.05, 0) is 48.7 Å². The van der Waals surface area contributed by atoms with E-state index < -0.39 is 11.8 Å². The van der Waals surface area contributed by atoms with Crippen LogP contribution in [-0.2, 0) is 11.3 Å². The number of carbonyl (C=O) groups is 2. The molecule has 0 aliphatic rings. The summed E-state index contributed by atoms with van der Waals surface area (Å²) in [6.45, 7) is 3.78. The lowest BCUT2D eigenvalue weighted by atomic mass is 9.95. The first-order valence-corrected chi connectivity index (χ1v) is 9.22. The van der Waals surface area contributed by atoms with Crippen LogP contribution in [0.25, 0.3) is 11.1 Å². The number of amides is 1. The molecule has 0 atom stereocenters. The molecule has 0 heterocycles. The summed E-state index contributed by atoms with van der Waals surface area (Å²) in [5, 5.41) is 2.74. The second-order valence-corrected chi connectivity index (χ2v) is 6.85. The van der Waals surface area contributed by atoms with Gasteiger partial charge >= 0.3 is 5.97 Å². The molecular formula is C24H22FNO3. The van der Waals surface area contributed by atoms with Crippen LogP contribution in [0.1, 0.15) is 37.4 Å². The Morgan fingerprint density at radius 3 is 2.45 bits per heavy atom. The Morgan fingerprint density at radius 1 is 1.00 bits per heavy atom. The van der Waals surface area contributed by atoms with E-state index in [2.05, 4.69) is 5.32 Å². The molecule has 0 spiro atoms. The number of ether oxygens (including phenoxy) is 1. The predicted octanol–water partition coefficient (Wildman–Crippen LogP) is 4.83. The van der Waals surface area contributed by atoms with Crippen molar-refractivity contribution in [3.8, 4) is 11.1 Å². The molecule has 0 aliphatic heterocycles. The summed E-state index contributed by atoms with van der Waals surface area (Å²) in [6.07, 6.45) is 0. The minimum atomic E-state index is -0.465. The van der Waals surface area contributed by atoms with E-state index in [0.29, 0.717) is 27.8 Å². The topological polar surface area (TPSA) is 55.4 Å². The molecular weight excluding hydrogens is 369 g/mol. The van der Waals surface area contributed by atoms with Crippen molar-refractivity contribution in [3.05, 3.63) is 94.3 Å². The molecule has 1 N–H and O–H groups in total. The molecule has 0 bridgehead atoms. The van der Waals surface area contributed by atoms with Crippen molar-refractivity contribution in [1.82, 2.24) is 5.32 Å². The first kappa shape index (κ1) is 20.3. The van der Waals surface area contributed by atoms with Crippen molar-refractivity contribution in [3.63, 3.8) is 0 Å². The molecule has 0 saturated heterocycles. The highest BCUT2D eigenvalue weighted by molar-refractivity contribution is 5.98. The second-order valence-electron chi connectivity index (χ2n) is 6.85. The number of benzene rings is 3. The van der Waals surface area contributed by atoms with E-state index in [-0.39, 0.29) is 12.5 Å². The van der Waals surface area contributed by atoms with Gasteiger partial charge in [-0.3, -0.25) is 4.79 Å². The Bertz CT molecular complexity index is 1080. The highest BCUT2D eigenvalue weighted by atomic mass is 19.1. The van der Waals surface area contributed by atoms with Crippen molar-refractivity contribution < 1.29 is 18.7 Å². The van der Waals surface area contributed by atoms with Crippen molar-refractivity contribution in [2.24, 2.45) is 0 Å². The van der Waals surface area contributed by atoms with Gasteiger partial charge in [0.15, 0.2) is 0 Å². The summed E-state index contributed by atoms with van der Waals surface area (Å²) in [4.78, 5) is 24.4. The highest BCUT2D eigenvalue weighted by Crippen LogP contribution is 2.28. The molecule has 1 amide bonds. The molecule has 0 fully saturated rings. The van der Waals surface area contributed by atoms with Gasteiger partial charge < -0.3 is 10.1 Å². The second kappa shape index (κ2) is 8.69. The standard InChI is InChI=1S/C24H22FNO3/c1-15-6-4-8-18(12-15)23(27)26-14-19-11-10-17(13-21(19)25)20-9-5-7-16(2)22(20)24(28)29-3/h4-13H,14H2,1-3H3,(H,26,27). The maximum Gasteiger partial charge on any atom is 0.338 e. The lowest BCUT2D eigenvalue weighted by Gasteiger charge is -2.13. The summed E-state index contributed by atoms with van der Waals surface area (Å²) in [7, 11) is 1.32. The van der Waals surface area contributed by atoms with Crippen LogP contribution in [-0.4, -0.2) is 19.0 Å². The molecule has 5 heteroatoms. The smallest absolute Gasteiger partial charge is 0.338 e. The molecule has 0 radical (unpaired) electrons. The Labute approximate surface area is 169 Å². The third-order valence-corrected chi connectivity index (χ3v) is 4.75. The average molecular weight is 391 g/mol. The normalized spacial score (nSPS) is 10.5. The summed E-state index contributed by atoms with van der Waals surface area (Å²) in [5.74, 6) is -1.18. The maximum atomic E-state index is 14.7. The number of halogens is 1. The molecule has 0 saturated carbocycles.